The highest BCUT2D eigenvalue weighted by atomic mass is 16.4. The summed E-state index contributed by atoms with van der Waals surface area (Å²) in [5, 5.41) is 9.22. The Morgan fingerprint density at radius 2 is 2.12 bits per heavy atom. The van der Waals surface area contributed by atoms with Crippen molar-refractivity contribution >= 4 is 17.7 Å². The first-order chi connectivity index (χ1) is 8.09. The van der Waals surface area contributed by atoms with Crippen molar-refractivity contribution in [1.82, 2.24) is 4.90 Å². The molecule has 1 atom stereocenters. The van der Waals surface area contributed by atoms with Crippen LogP contribution >= 0.6 is 0 Å². The number of hydrogen-bond acceptors (Lipinski definition) is 3. The zero-order valence-electron chi connectivity index (χ0n) is 9.26. The molecular formula is C12H13NO4. The number of rotatable bonds is 3. The monoisotopic (exact) mass is 235 g/mol. The lowest BCUT2D eigenvalue weighted by molar-refractivity contribution is -0.146. The third-order valence-corrected chi connectivity index (χ3v) is 2.95. The molecular weight excluding hydrogens is 222 g/mol. The predicted molar refractivity (Wildman–Crippen MR) is 59.2 cm³/mol. The molecule has 2 aliphatic rings. The van der Waals surface area contributed by atoms with Crippen LogP contribution in [0, 0.1) is 0 Å². The molecule has 1 heterocycles. The quantitative estimate of drug-likeness (QED) is 0.571. The highest BCUT2D eigenvalue weighted by Gasteiger charge is 2.38. The largest absolute Gasteiger partial charge is 0.479 e. The van der Waals surface area contributed by atoms with Gasteiger partial charge in [-0.05, 0) is 18.4 Å². The molecule has 1 fully saturated rings. The number of carboxylic acids is 1. The summed E-state index contributed by atoms with van der Waals surface area (Å²) < 4.78 is 0. The van der Waals surface area contributed by atoms with Crippen molar-refractivity contribution in [3.63, 3.8) is 0 Å². The van der Waals surface area contributed by atoms with E-state index in [-0.39, 0.29) is 18.7 Å². The fourth-order valence-electron chi connectivity index (χ4n) is 2.17. The molecule has 1 aliphatic carbocycles. The van der Waals surface area contributed by atoms with Gasteiger partial charge in [-0.1, -0.05) is 18.2 Å². The van der Waals surface area contributed by atoms with Crippen LogP contribution in [0.25, 0.3) is 0 Å². The molecule has 1 saturated heterocycles. The second-order valence-electron chi connectivity index (χ2n) is 4.17. The van der Waals surface area contributed by atoms with Crippen LogP contribution in [0.5, 0.6) is 0 Å². The number of carbonyl (C=O) groups excluding carboxylic acids is 2. The van der Waals surface area contributed by atoms with Crippen molar-refractivity contribution in [2.75, 3.05) is 6.54 Å². The number of ketones is 1. The molecule has 0 aromatic heterocycles. The Balaban J connectivity index is 2.23. The molecule has 0 bridgehead atoms. The summed E-state index contributed by atoms with van der Waals surface area (Å²) >= 11 is 0. The van der Waals surface area contributed by atoms with Crippen LogP contribution in [-0.4, -0.2) is 40.3 Å². The number of hydrogen-bond donors (Lipinski definition) is 1. The van der Waals surface area contributed by atoms with E-state index in [0.29, 0.717) is 18.4 Å². The standard InChI is InChI=1S/C12H13NO4/c14-9-6-10(15)13(7-9)11(12(16)17)8-4-2-1-3-5-8/h1-2,5,11H,3-4,6-7H2,(H,16,17)/t11-/m1/s1. The molecule has 0 aromatic rings. The summed E-state index contributed by atoms with van der Waals surface area (Å²) in [5.74, 6) is -1.68. The predicted octanol–water partition coefficient (Wildman–Crippen LogP) is 0.517. The molecule has 17 heavy (non-hydrogen) atoms. The number of Topliss-reactive ketones (excluding diaryl/α,β-unsaturated/α-hetero) is 1. The zero-order valence-corrected chi connectivity index (χ0v) is 9.26. The van der Waals surface area contributed by atoms with Crippen LogP contribution in [0.3, 0.4) is 0 Å². The molecule has 0 aromatic carbocycles. The lowest BCUT2D eigenvalue weighted by atomic mass is 9.97. The van der Waals surface area contributed by atoms with Crippen LogP contribution in [0.4, 0.5) is 0 Å². The summed E-state index contributed by atoms with van der Waals surface area (Å²) in [4.78, 5) is 35.2. The van der Waals surface area contributed by atoms with E-state index in [9.17, 15) is 19.5 Å². The van der Waals surface area contributed by atoms with Crippen LogP contribution in [0.1, 0.15) is 19.3 Å². The minimum atomic E-state index is -1.07. The summed E-state index contributed by atoms with van der Waals surface area (Å²) in [6, 6.07) is -0.987. The summed E-state index contributed by atoms with van der Waals surface area (Å²) in [6.07, 6.45) is 6.67. The Hall–Kier alpha value is -1.91. The topological polar surface area (TPSA) is 74.7 Å². The van der Waals surface area contributed by atoms with E-state index in [1.165, 1.54) is 0 Å². The number of aliphatic carboxylic acids is 1. The third-order valence-electron chi connectivity index (χ3n) is 2.95. The first-order valence-electron chi connectivity index (χ1n) is 5.47. The fourth-order valence-corrected chi connectivity index (χ4v) is 2.17. The van der Waals surface area contributed by atoms with Gasteiger partial charge in [0.1, 0.15) is 0 Å². The van der Waals surface area contributed by atoms with Gasteiger partial charge in [0, 0.05) is 0 Å². The lowest BCUT2D eigenvalue weighted by Crippen LogP contribution is -2.43. The average Bonchev–Trinajstić information content (AvgIpc) is 2.59. The minimum absolute atomic E-state index is 0.0865. The van der Waals surface area contributed by atoms with Crippen molar-refractivity contribution < 1.29 is 19.5 Å². The second-order valence-corrected chi connectivity index (χ2v) is 4.17. The van der Waals surface area contributed by atoms with Crippen molar-refractivity contribution in [1.29, 1.82) is 0 Å². The zero-order chi connectivity index (χ0) is 12.4. The van der Waals surface area contributed by atoms with Gasteiger partial charge in [-0.15, -0.1) is 0 Å². The SMILES string of the molecule is O=C1CC(=O)N([C@@H](C(=O)O)C2=CCC=CC2)C1. The molecule has 1 N–H and O–H groups in total. The number of carboxylic acid groups (broad SMARTS) is 1. The third kappa shape index (κ3) is 2.27. The number of likely N-dealkylation sites (tertiary alicyclic amines) is 1. The summed E-state index contributed by atoms with van der Waals surface area (Å²) in [5.41, 5.74) is 0.683. The lowest BCUT2D eigenvalue weighted by Gasteiger charge is -2.26. The van der Waals surface area contributed by atoms with Crippen LogP contribution in [0.15, 0.2) is 23.8 Å². The number of amides is 1. The maximum Gasteiger partial charge on any atom is 0.330 e. The van der Waals surface area contributed by atoms with Gasteiger partial charge in [-0.25, -0.2) is 4.79 Å². The first-order valence-corrected chi connectivity index (χ1v) is 5.47. The molecule has 5 nitrogen and oxygen atoms in total. The summed E-state index contributed by atoms with van der Waals surface area (Å²) in [7, 11) is 0. The molecule has 1 amide bonds. The van der Waals surface area contributed by atoms with E-state index in [2.05, 4.69) is 0 Å². The van der Waals surface area contributed by atoms with Crippen LogP contribution in [0.2, 0.25) is 0 Å². The van der Waals surface area contributed by atoms with Crippen molar-refractivity contribution in [2.24, 2.45) is 0 Å². The number of carbonyl (C=O) groups is 3. The molecule has 0 radical (unpaired) electrons. The normalized spacial score (nSPS) is 21.6. The molecule has 2 rings (SSSR count). The molecule has 90 valence electrons. The van der Waals surface area contributed by atoms with Crippen LogP contribution in [-0.2, 0) is 14.4 Å². The molecule has 0 unspecified atom stereocenters. The van der Waals surface area contributed by atoms with E-state index in [1.54, 1.807) is 0 Å². The van der Waals surface area contributed by atoms with E-state index in [0.717, 1.165) is 4.90 Å². The fraction of sp³-hybridized carbons (Fsp3) is 0.417. The van der Waals surface area contributed by atoms with Gasteiger partial charge < -0.3 is 10.0 Å². The van der Waals surface area contributed by atoms with Crippen molar-refractivity contribution in [3.05, 3.63) is 23.8 Å². The highest BCUT2D eigenvalue weighted by molar-refractivity contribution is 6.07. The molecule has 1 aliphatic heterocycles. The van der Waals surface area contributed by atoms with Gasteiger partial charge in [0.05, 0.1) is 13.0 Å². The van der Waals surface area contributed by atoms with Gasteiger partial charge in [-0.3, -0.25) is 9.59 Å². The van der Waals surface area contributed by atoms with Gasteiger partial charge in [0.25, 0.3) is 0 Å². The average molecular weight is 235 g/mol. The van der Waals surface area contributed by atoms with E-state index in [4.69, 9.17) is 0 Å². The minimum Gasteiger partial charge on any atom is -0.479 e. The number of allylic oxidation sites excluding steroid dienone is 3. The second kappa shape index (κ2) is 4.53. The van der Waals surface area contributed by atoms with E-state index in [1.807, 2.05) is 18.2 Å². The Morgan fingerprint density at radius 1 is 1.35 bits per heavy atom. The maximum absolute atomic E-state index is 11.6. The highest BCUT2D eigenvalue weighted by Crippen LogP contribution is 2.23. The van der Waals surface area contributed by atoms with Gasteiger partial charge in [0.2, 0.25) is 5.91 Å². The molecule has 0 spiro atoms. The molecule has 0 saturated carbocycles. The van der Waals surface area contributed by atoms with E-state index < -0.39 is 17.9 Å². The number of nitrogens with zero attached hydrogens (tertiary/aromatic N) is 1. The van der Waals surface area contributed by atoms with Gasteiger partial charge >= 0.3 is 5.97 Å². The van der Waals surface area contributed by atoms with Crippen LogP contribution < -0.4 is 0 Å². The Kier molecular flexibility index (Phi) is 3.08. The summed E-state index contributed by atoms with van der Waals surface area (Å²) in [6.45, 7) is -0.0865. The Morgan fingerprint density at radius 3 is 2.59 bits per heavy atom. The van der Waals surface area contributed by atoms with Crippen molar-refractivity contribution in [3.8, 4) is 0 Å². The first kappa shape index (κ1) is 11.6. The van der Waals surface area contributed by atoms with Gasteiger partial charge in [0.15, 0.2) is 11.8 Å². The van der Waals surface area contributed by atoms with Crippen molar-refractivity contribution in [2.45, 2.75) is 25.3 Å². The smallest absolute Gasteiger partial charge is 0.330 e. The molecule has 5 heteroatoms. The maximum atomic E-state index is 11.6. The van der Waals surface area contributed by atoms with E-state index >= 15 is 0 Å². The Labute approximate surface area is 98.4 Å². The van der Waals surface area contributed by atoms with Gasteiger partial charge in [-0.2, -0.15) is 0 Å². The Bertz CT molecular complexity index is 436.